The van der Waals surface area contributed by atoms with E-state index in [0.717, 1.165) is 0 Å². The Morgan fingerprint density at radius 1 is 0.567 bits per heavy atom. The Kier molecular flexibility index (Phi) is 7.07. The molecule has 160 valence electrons. The van der Waals surface area contributed by atoms with Gasteiger partial charge < -0.3 is 9.62 Å². The zero-order chi connectivity index (χ0) is 22.2. The summed E-state index contributed by atoms with van der Waals surface area (Å²) in [5, 5.41) is 0. The van der Waals surface area contributed by atoms with Gasteiger partial charge in [-0.2, -0.15) is 0 Å². The lowest BCUT2D eigenvalue weighted by molar-refractivity contribution is 0.832. The van der Waals surface area contributed by atoms with Crippen LogP contribution in [0.25, 0.3) is 0 Å². The topological polar surface area (TPSA) is 6.48 Å². The van der Waals surface area contributed by atoms with Crippen LogP contribution >= 0.6 is 15.8 Å². The van der Waals surface area contributed by atoms with Crippen LogP contribution in [0, 0.1) is 0 Å². The minimum absolute atomic E-state index is 0.0484. The second-order valence-corrected chi connectivity index (χ2v) is 10.4. The van der Waals surface area contributed by atoms with Crippen LogP contribution in [-0.2, 0) is 0 Å². The highest BCUT2D eigenvalue weighted by Crippen LogP contribution is 2.43. The van der Waals surface area contributed by atoms with Crippen molar-refractivity contribution >= 4 is 32.9 Å². The van der Waals surface area contributed by atoms with Gasteiger partial charge in [0.25, 0.3) is 0 Å². The van der Waals surface area contributed by atoms with Gasteiger partial charge >= 0.3 is 5.81 Å². The summed E-state index contributed by atoms with van der Waals surface area (Å²) in [7, 11) is 0. The molecular formula is C26H36BBrN2. The van der Waals surface area contributed by atoms with Gasteiger partial charge in [-0.05, 0) is 45.9 Å². The first-order valence-electron chi connectivity index (χ1n) is 11.3. The molecule has 0 unspecified atom stereocenters. The molecule has 0 fully saturated rings. The normalized spacial score (nSPS) is 14.4. The van der Waals surface area contributed by atoms with Crippen LogP contribution < -0.4 is 9.62 Å². The van der Waals surface area contributed by atoms with Gasteiger partial charge in [-0.15, -0.1) is 0 Å². The van der Waals surface area contributed by atoms with Crippen molar-refractivity contribution < 1.29 is 0 Å². The Morgan fingerprint density at radius 2 is 0.833 bits per heavy atom. The second kappa shape index (κ2) is 9.22. The molecule has 1 heterocycles. The average molecular weight is 467 g/mol. The van der Waals surface area contributed by atoms with E-state index in [0.29, 0.717) is 23.7 Å². The van der Waals surface area contributed by atoms with Crippen LogP contribution in [-0.4, -0.2) is 5.81 Å². The van der Waals surface area contributed by atoms with E-state index in [-0.39, 0.29) is 5.81 Å². The Balaban J connectivity index is 2.12. The van der Waals surface area contributed by atoms with E-state index in [1.165, 1.54) is 33.6 Å². The SMILES string of the molecule is CC(C)c1cccc(C(C)C)c1N1C=CN(c2c(C(C)C)cccc2C(C)C)B1Br. The molecule has 0 saturated carbocycles. The summed E-state index contributed by atoms with van der Waals surface area (Å²) in [6.07, 6.45) is 4.49. The maximum Gasteiger partial charge on any atom is 0.464 e. The van der Waals surface area contributed by atoms with Gasteiger partial charge in [-0.1, -0.05) is 108 Å². The number of para-hydroxylation sites is 2. The number of halogens is 1. The summed E-state index contributed by atoms with van der Waals surface area (Å²) in [5.41, 5.74) is 8.29. The first kappa shape index (κ1) is 23.0. The van der Waals surface area contributed by atoms with Crippen LogP contribution in [0.1, 0.15) is 101 Å². The number of benzene rings is 2. The van der Waals surface area contributed by atoms with Crippen molar-refractivity contribution in [2.45, 2.75) is 79.1 Å². The van der Waals surface area contributed by atoms with Gasteiger partial charge in [-0.25, -0.2) is 0 Å². The van der Waals surface area contributed by atoms with E-state index < -0.39 is 0 Å². The Morgan fingerprint density at radius 3 is 1.07 bits per heavy atom. The Labute approximate surface area is 192 Å². The van der Waals surface area contributed by atoms with Crippen LogP contribution in [0.2, 0.25) is 0 Å². The Bertz CT molecular complexity index is 791. The molecule has 1 aliphatic heterocycles. The number of hydrogen-bond donors (Lipinski definition) is 0. The largest absolute Gasteiger partial charge is 0.464 e. The molecule has 1 aliphatic rings. The predicted octanol–water partition coefficient (Wildman–Crippen LogP) is 8.36. The van der Waals surface area contributed by atoms with Gasteiger partial charge in [0.15, 0.2) is 0 Å². The summed E-state index contributed by atoms with van der Waals surface area (Å²) in [6, 6.07) is 13.5. The minimum atomic E-state index is 0.0484. The predicted molar refractivity (Wildman–Crippen MR) is 138 cm³/mol. The third-order valence-corrected chi connectivity index (χ3v) is 6.93. The van der Waals surface area contributed by atoms with Crippen molar-refractivity contribution in [1.82, 2.24) is 0 Å². The summed E-state index contributed by atoms with van der Waals surface area (Å²) in [5.74, 6) is 1.92. The van der Waals surface area contributed by atoms with E-state index in [4.69, 9.17) is 0 Å². The molecule has 3 rings (SSSR count). The number of rotatable bonds is 6. The van der Waals surface area contributed by atoms with Crippen molar-refractivity contribution in [3.8, 4) is 0 Å². The average Bonchev–Trinajstić information content (AvgIpc) is 3.07. The fraction of sp³-hybridized carbons (Fsp3) is 0.462. The molecule has 0 N–H and O–H groups in total. The second-order valence-electron chi connectivity index (χ2n) is 9.61. The fourth-order valence-corrected chi connectivity index (χ4v) is 5.08. The van der Waals surface area contributed by atoms with Crippen molar-refractivity contribution in [2.75, 3.05) is 9.62 Å². The van der Waals surface area contributed by atoms with Crippen molar-refractivity contribution in [3.05, 3.63) is 71.1 Å². The molecular weight excluding hydrogens is 431 g/mol. The van der Waals surface area contributed by atoms with Crippen molar-refractivity contribution in [2.24, 2.45) is 0 Å². The Hall–Kier alpha value is -1.68. The molecule has 2 aromatic rings. The molecule has 0 amide bonds. The summed E-state index contributed by atoms with van der Waals surface area (Å²) < 4.78 is 0. The van der Waals surface area contributed by atoms with E-state index >= 15 is 0 Å². The van der Waals surface area contributed by atoms with Gasteiger partial charge in [0.1, 0.15) is 0 Å². The van der Waals surface area contributed by atoms with Gasteiger partial charge in [0.2, 0.25) is 0 Å². The molecule has 0 aliphatic carbocycles. The highest BCUT2D eigenvalue weighted by molar-refractivity contribution is 9.24. The first-order valence-corrected chi connectivity index (χ1v) is 12.2. The number of nitrogens with zero attached hydrogens (tertiary/aromatic N) is 2. The molecule has 0 radical (unpaired) electrons. The number of hydrogen-bond acceptors (Lipinski definition) is 2. The molecule has 30 heavy (non-hydrogen) atoms. The molecule has 0 saturated heterocycles. The van der Waals surface area contributed by atoms with Gasteiger partial charge in [-0.3, -0.25) is 0 Å². The van der Waals surface area contributed by atoms with Gasteiger partial charge in [0.05, 0.1) is 0 Å². The third-order valence-electron chi connectivity index (χ3n) is 6.05. The molecule has 0 bridgehead atoms. The minimum Gasteiger partial charge on any atom is -0.360 e. The molecule has 0 atom stereocenters. The van der Waals surface area contributed by atoms with E-state index in [9.17, 15) is 0 Å². The zero-order valence-electron chi connectivity index (χ0n) is 19.8. The van der Waals surface area contributed by atoms with Crippen LogP contribution in [0.3, 0.4) is 0 Å². The molecule has 0 aromatic heterocycles. The summed E-state index contributed by atoms with van der Waals surface area (Å²) in [6.45, 7) is 18.3. The van der Waals surface area contributed by atoms with Crippen molar-refractivity contribution in [3.63, 3.8) is 0 Å². The smallest absolute Gasteiger partial charge is 0.360 e. The maximum atomic E-state index is 4.07. The van der Waals surface area contributed by atoms with Crippen LogP contribution in [0.5, 0.6) is 0 Å². The van der Waals surface area contributed by atoms with Crippen LogP contribution in [0.15, 0.2) is 48.8 Å². The maximum absolute atomic E-state index is 4.07. The molecule has 0 spiro atoms. The van der Waals surface area contributed by atoms with E-state index in [1.54, 1.807) is 0 Å². The molecule has 2 nitrogen and oxygen atoms in total. The van der Waals surface area contributed by atoms with Crippen molar-refractivity contribution in [1.29, 1.82) is 0 Å². The lowest BCUT2D eigenvalue weighted by atomic mass is 9.87. The van der Waals surface area contributed by atoms with Crippen LogP contribution in [0.4, 0.5) is 11.4 Å². The summed E-state index contributed by atoms with van der Waals surface area (Å²) >= 11 is 4.07. The highest BCUT2D eigenvalue weighted by atomic mass is 79.9. The van der Waals surface area contributed by atoms with Gasteiger partial charge in [0, 0.05) is 23.8 Å². The standard InChI is InChI=1S/C26H36BBrN2/c1-17(2)21-11-9-12-22(18(3)4)25(21)29-15-16-30(27(29)28)26-23(19(5)6)13-10-14-24(26)20(7)8/h9-20H,1-8H3. The number of anilines is 2. The lowest BCUT2D eigenvalue weighted by Crippen LogP contribution is -2.40. The van der Waals surface area contributed by atoms with E-state index in [1.807, 2.05) is 0 Å². The third kappa shape index (κ3) is 4.21. The fourth-order valence-electron chi connectivity index (χ4n) is 4.40. The highest BCUT2D eigenvalue weighted by Gasteiger charge is 2.37. The lowest BCUT2D eigenvalue weighted by Gasteiger charge is -2.33. The summed E-state index contributed by atoms with van der Waals surface area (Å²) in [4.78, 5) is 4.82. The quantitative estimate of drug-likeness (QED) is 0.394. The van der Waals surface area contributed by atoms with E-state index in [2.05, 4.69) is 130 Å². The zero-order valence-corrected chi connectivity index (χ0v) is 21.4. The molecule has 2 aromatic carbocycles. The monoisotopic (exact) mass is 466 g/mol. The first-order chi connectivity index (χ1) is 14.1. The molecule has 4 heteroatoms.